The standard InChI is InChI=1S/C9H7NOS2/c1-6-2-3-8(13-6)7-5-12-9(4-11)10-7/h2-5H,1H3. The van der Waals surface area contributed by atoms with Gasteiger partial charge in [-0.3, -0.25) is 4.79 Å². The normalized spacial score (nSPS) is 10.2. The first-order valence-electron chi connectivity index (χ1n) is 3.77. The minimum Gasteiger partial charge on any atom is -0.295 e. The smallest absolute Gasteiger partial charge is 0.178 e. The van der Waals surface area contributed by atoms with Gasteiger partial charge in [0, 0.05) is 10.3 Å². The zero-order chi connectivity index (χ0) is 9.26. The molecule has 2 heterocycles. The Morgan fingerprint density at radius 1 is 1.46 bits per heavy atom. The van der Waals surface area contributed by atoms with Gasteiger partial charge in [0.1, 0.15) is 0 Å². The lowest BCUT2D eigenvalue weighted by Crippen LogP contribution is -1.76. The van der Waals surface area contributed by atoms with E-state index in [1.54, 1.807) is 11.3 Å². The molecule has 0 radical (unpaired) electrons. The summed E-state index contributed by atoms with van der Waals surface area (Å²) in [6.07, 6.45) is 0.786. The van der Waals surface area contributed by atoms with Crippen LogP contribution in [0, 0.1) is 6.92 Å². The third-order valence-electron chi connectivity index (χ3n) is 1.62. The van der Waals surface area contributed by atoms with Crippen LogP contribution >= 0.6 is 22.7 Å². The molecule has 0 aliphatic carbocycles. The van der Waals surface area contributed by atoms with Gasteiger partial charge in [0.25, 0.3) is 0 Å². The molecule has 0 saturated heterocycles. The van der Waals surface area contributed by atoms with Crippen LogP contribution in [0.1, 0.15) is 14.7 Å². The number of aryl methyl sites for hydroxylation is 1. The van der Waals surface area contributed by atoms with E-state index >= 15 is 0 Å². The van der Waals surface area contributed by atoms with Crippen molar-refractivity contribution >= 4 is 29.0 Å². The number of carbonyl (C=O) groups excluding carboxylic acids is 1. The molecule has 0 unspecified atom stereocenters. The molecule has 0 atom stereocenters. The van der Waals surface area contributed by atoms with Gasteiger partial charge in [0.2, 0.25) is 0 Å². The van der Waals surface area contributed by atoms with Gasteiger partial charge in [-0.05, 0) is 19.1 Å². The molecule has 0 aliphatic rings. The topological polar surface area (TPSA) is 30.0 Å². The molecule has 2 aromatic heterocycles. The van der Waals surface area contributed by atoms with E-state index in [4.69, 9.17) is 0 Å². The predicted octanol–water partition coefficient (Wildman–Crippen LogP) is 2.99. The minimum atomic E-state index is 0.543. The van der Waals surface area contributed by atoms with Crippen molar-refractivity contribution in [2.75, 3.05) is 0 Å². The summed E-state index contributed by atoms with van der Waals surface area (Å²) < 4.78 is 0. The summed E-state index contributed by atoms with van der Waals surface area (Å²) in [7, 11) is 0. The first-order chi connectivity index (χ1) is 6.29. The summed E-state index contributed by atoms with van der Waals surface area (Å²) in [6, 6.07) is 4.09. The van der Waals surface area contributed by atoms with Gasteiger partial charge in [-0.1, -0.05) is 0 Å². The molecule has 0 aliphatic heterocycles. The molecule has 0 amide bonds. The molecule has 66 valence electrons. The molecule has 2 aromatic rings. The van der Waals surface area contributed by atoms with Crippen molar-refractivity contribution in [1.82, 2.24) is 4.98 Å². The summed E-state index contributed by atoms with van der Waals surface area (Å²) in [5.74, 6) is 0. The maximum Gasteiger partial charge on any atom is 0.178 e. The zero-order valence-corrected chi connectivity index (χ0v) is 8.61. The van der Waals surface area contributed by atoms with Crippen molar-refractivity contribution < 1.29 is 4.79 Å². The summed E-state index contributed by atoms with van der Waals surface area (Å²) in [4.78, 5) is 17.0. The van der Waals surface area contributed by atoms with E-state index in [1.165, 1.54) is 16.2 Å². The molecule has 0 fully saturated rings. The average molecular weight is 209 g/mol. The molecular weight excluding hydrogens is 202 g/mol. The highest BCUT2D eigenvalue weighted by Gasteiger charge is 2.04. The fourth-order valence-electron chi connectivity index (χ4n) is 1.03. The number of hydrogen-bond donors (Lipinski definition) is 0. The highest BCUT2D eigenvalue weighted by molar-refractivity contribution is 7.16. The van der Waals surface area contributed by atoms with E-state index in [1.807, 2.05) is 11.4 Å². The number of nitrogens with zero attached hydrogens (tertiary/aromatic N) is 1. The van der Waals surface area contributed by atoms with Gasteiger partial charge in [-0.15, -0.1) is 22.7 Å². The number of aldehydes is 1. The first kappa shape index (κ1) is 8.59. The maximum absolute atomic E-state index is 10.4. The van der Waals surface area contributed by atoms with Gasteiger partial charge in [-0.2, -0.15) is 0 Å². The van der Waals surface area contributed by atoms with Gasteiger partial charge in [0.05, 0.1) is 10.6 Å². The van der Waals surface area contributed by atoms with Crippen LogP contribution in [-0.2, 0) is 0 Å². The van der Waals surface area contributed by atoms with Gasteiger partial charge in [0.15, 0.2) is 11.3 Å². The maximum atomic E-state index is 10.4. The Morgan fingerprint density at radius 3 is 2.85 bits per heavy atom. The summed E-state index contributed by atoms with van der Waals surface area (Å²) in [6.45, 7) is 2.06. The highest BCUT2D eigenvalue weighted by atomic mass is 32.1. The number of hydrogen-bond acceptors (Lipinski definition) is 4. The monoisotopic (exact) mass is 209 g/mol. The Morgan fingerprint density at radius 2 is 2.31 bits per heavy atom. The predicted molar refractivity (Wildman–Crippen MR) is 55.6 cm³/mol. The van der Waals surface area contributed by atoms with E-state index in [2.05, 4.69) is 18.0 Å². The quantitative estimate of drug-likeness (QED) is 0.712. The number of thiophene rings is 1. The molecule has 0 bridgehead atoms. The first-order valence-corrected chi connectivity index (χ1v) is 5.47. The van der Waals surface area contributed by atoms with Crippen molar-refractivity contribution in [3.63, 3.8) is 0 Å². The van der Waals surface area contributed by atoms with Crippen molar-refractivity contribution in [2.45, 2.75) is 6.92 Å². The molecule has 13 heavy (non-hydrogen) atoms. The number of thiazole rings is 1. The summed E-state index contributed by atoms with van der Waals surface area (Å²) in [5.41, 5.74) is 0.908. The van der Waals surface area contributed by atoms with Crippen molar-refractivity contribution in [3.05, 3.63) is 27.4 Å². The number of carbonyl (C=O) groups is 1. The molecule has 0 aromatic carbocycles. The summed E-state index contributed by atoms with van der Waals surface area (Å²) in [5, 5.41) is 2.45. The van der Waals surface area contributed by atoms with Gasteiger partial charge in [-0.25, -0.2) is 4.98 Å². The lowest BCUT2D eigenvalue weighted by atomic mass is 10.4. The summed E-state index contributed by atoms with van der Waals surface area (Å²) >= 11 is 3.07. The van der Waals surface area contributed by atoms with Crippen molar-refractivity contribution in [3.8, 4) is 10.6 Å². The average Bonchev–Trinajstić information content (AvgIpc) is 2.71. The number of rotatable bonds is 2. The Kier molecular flexibility index (Phi) is 2.24. The molecule has 0 N–H and O–H groups in total. The second-order valence-electron chi connectivity index (χ2n) is 2.60. The van der Waals surface area contributed by atoms with E-state index in [0.717, 1.165) is 16.9 Å². The van der Waals surface area contributed by atoms with Gasteiger partial charge < -0.3 is 0 Å². The Hall–Kier alpha value is -1.00. The molecular formula is C9H7NOS2. The highest BCUT2D eigenvalue weighted by Crippen LogP contribution is 2.28. The van der Waals surface area contributed by atoms with Crippen LogP contribution in [0.15, 0.2) is 17.5 Å². The second-order valence-corrected chi connectivity index (χ2v) is 4.78. The zero-order valence-electron chi connectivity index (χ0n) is 6.98. The van der Waals surface area contributed by atoms with E-state index in [0.29, 0.717) is 5.01 Å². The molecule has 0 spiro atoms. The van der Waals surface area contributed by atoms with Crippen molar-refractivity contribution in [2.24, 2.45) is 0 Å². The van der Waals surface area contributed by atoms with Crippen LogP contribution in [0.3, 0.4) is 0 Å². The Labute approximate surface area is 83.9 Å². The fourth-order valence-corrected chi connectivity index (χ4v) is 2.55. The second kappa shape index (κ2) is 3.40. The number of aromatic nitrogens is 1. The van der Waals surface area contributed by atoms with Crippen LogP contribution < -0.4 is 0 Å². The lowest BCUT2D eigenvalue weighted by Gasteiger charge is -1.85. The van der Waals surface area contributed by atoms with Crippen LogP contribution in [0.25, 0.3) is 10.6 Å². The minimum absolute atomic E-state index is 0.543. The lowest BCUT2D eigenvalue weighted by molar-refractivity contribution is 0.112. The van der Waals surface area contributed by atoms with Crippen LogP contribution in [0.2, 0.25) is 0 Å². The Bertz CT molecular complexity index is 430. The third kappa shape index (κ3) is 1.68. The van der Waals surface area contributed by atoms with Crippen LogP contribution in [-0.4, -0.2) is 11.3 Å². The van der Waals surface area contributed by atoms with E-state index < -0.39 is 0 Å². The Balaban J connectivity index is 2.40. The van der Waals surface area contributed by atoms with Crippen molar-refractivity contribution in [1.29, 1.82) is 0 Å². The van der Waals surface area contributed by atoms with E-state index in [-0.39, 0.29) is 0 Å². The fraction of sp³-hybridized carbons (Fsp3) is 0.111. The van der Waals surface area contributed by atoms with Gasteiger partial charge >= 0.3 is 0 Å². The third-order valence-corrected chi connectivity index (χ3v) is 3.41. The van der Waals surface area contributed by atoms with E-state index in [9.17, 15) is 4.79 Å². The molecule has 4 heteroatoms. The molecule has 0 saturated carbocycles. The SMILES string of the molecule is Cc1ccc(-c2csc(C=O)n2)s1. The molecule has 2 nitrogen and oxygen atoms in total. The molecule has 2 rings (SSSR count). The largest absolute Gasteiger partial charge is 0.295 e. The van der Waals surface area contributed by atoms with Crippen LogP contribution in [0.5, 0.6) is 0 Å². The van der Waals surface area contributed by atoms with Crippen LogP contribution in [0.4, 0.5) is 0 Å².